The lowest BCUT2D eigenvalue weighted by Gasteiger charge is -2.22. The minimum Gasteiger partial charge on any atom is -0.381 e. The van der Waals surface area contributed by atoms with Crippen LogP contribution in [0.25, 0.3) is 0 Å². The lowest BCUT2D eigenvalue weighted by atomic mass is 10.1. The Balaban J connectivity index is 1.58. The van der Waals surface area contributed by atoms with Crippen molar-refractivity contribution < 1.29 is 9.53 Å². The van der Waals surface area contributed by atoms with Crippen molar-refractivity contribution in [1.29, 1.82) is 0 Å². The molecule has 1 fully saturated rings. The second-order valence-electron chi connectivity index (χ2n) is 7.24. The van der Waals surface area contributed by atoms with Crippen molar-refractivity contribution in [1.82, 2.24) is 19.6 Å². The molecule has 1 unspecified atom stereocenters. The molecule has 1 atom stereocenters. The molecule has 8 heteroatoms. The number of nitrogens with one attached hydrogen (secondary N) is 2. The number of hydrogen-bond donors (Lipinski definition) is 2. The number of carbonyl (C=O) groups is 1. The van der Waals surface area contributed by atoms with Crippen molar-refractivity contribution in [3.05, 3.63) is 24.5 Å². The fraction of sp³-hybridized carbons (Fsp3) is 0.611. The highest BCUT2D eigenvalue weighted by molar-refractivity contribution is 5.98. The number of amides is 2. The Morgan fingerprint density at radius 1 is 1.27 bits per heavy atom. The van der Waals surface area contributed by atoms with Gasteiger partial charge in [0.05, 0.1) is 18.3 Å². The van der Waals surface area contributed by atoms with Gasteiger partial charge in [-0.2, -0.15) is 10.2 Å². The number of rotatable bonds is 6. The van der Waals surface area contributed by atoms with Gasteiger partial charge in [-0.15, -0.1) is 0 Å². The zero-order valence-corrected chi connectivity index (χ0v) is 15.7. The maximum absolute atomic E-state index is 12.3. The van der Waals surface area contributed by atoms with E-state index in [1.54, 1.807) is 12.3 Å². The van der Waals surface area contributed by atoms with Crippen LogP contribution in [0.3, 0.4) is 0 Å². The Morgan fingerprint density at radius 3 is 2.77 bits per heavy atom. The fourth-order valence-corrected chi connectivity index (χ4v) is 3.37. The van der Waals surface area contributed by atoms with E-state index in [-0.39, 0.29) is 12.1 Å². The van der Waals surface area contributed by atoms with E-state index in [4.69, 9.17) is 4.74 Å². The largest absolute Gasteiger partial charge is 0.381 e. The first kappa shape index (κ1) is 18.4. The summed E-state index contributed by atoms with van der Waals surface area (Å²) in [5.41, 5.74) is 0. The lowest BCUT2D eigenvalue weighted by Crippen LogP contribution is -2.24. The summed E-state index contributed by atoms with van der Waals surface area (Å²) < 4.78 is 9.13. The quantitative estimate of drug-likeness (QED) is 0.823. The predicted octanol–water partition coefficient (Wildman–Crippen LogP) is 3.68. The Hall–Kier alpha value is -2.35. The molecule has 2 aromatic heterocycles. The molecule has 0 radical (unpaired) electrons. The summed E-state index contributed by atoms with van der Waals surface area (Å²) in [6.45, 7) is 7.97. The van der Waals surface area contributed by atoms with E-state index in [9.17, 15) is 4.79 Å². The summed E-state index contributed by atoms with van der Waals surface area (Å²) in [5.74, 6) is 1.78. The number of anilines is 2. The van der Waals surface area contributed by atoms with E-state index in [1.807, 2.05) is 21.6 Å². The van der Waals surface area contributed by atoms with Gasteiger partial charge in [0.2, 0.25) is 0 Å². The Morgan fingerprint density at radius 2 is 2.04 bits per heavy atom. The first-order chi connectivity index (χ1) is 12.5. The van der Waals surface area contributed by atoms with Crippen molar-refractivity contribution in [2.75, 3.05) is 23.8 Å². The van der Waals surface area contributed by atoms with Crippen LogP contribution in [0.5, 0.6) is 0 Å². The van der Waals surface area contributed by atoms with E-state index in [0.29, 0.717) is 23.6 Å². The maximum Gasteiger partial charge on any atom is 0.326 e. The molecule has 2 amide bonds. The van der Waals surface area contributed by atoms with Crippen LogP contribution < -0.4 is 10.6 Å². The van der Waals surface area contributed by atoms with Crippen LogP contribution in [-0.2, 0) is 4.74 Å². The molecule has 0 saturated carbocycles. The molecule has 1 saturated heterocycles. The summed E-state index contributed by atoms with van der Waals surface area (Å²) >= 11 is 0. The number of carbonyl (C=O) groups excluding carboxylic acids is 1. The van der Waals surface area contributed by atoms with Crippen molar-refractivity contribution in [3.63, 3.8) is 0 Å². The van der Waals surface area contributed by atoms with Gasteiger partial charge in [-0.25, -0.2) is 9.48 Å². The summed E-state index contributed by atoms with van der Waals surface area (Å²) in [6, 6.07) is 3.85. The number of ether oxygens (including phenoxy) is 1. The standard InChI is InChI=1S/C18H28N6O2/c1-13(2)12-14(3)24-17(4-8-19-24)21-18(25)20-16-5-9-23(22-16)15-6-10-26-11-7-15/h4-5,8-9,13-15H,6-7,10-12H2,1-3H3,(H2,20,21,22,25). The average molecular weight is 360 g/mol. The van der Waals surface area contributed by atoms with Crippen LogP contribution in [0.4, 0.5) is 16.4 Å². The highest BCUT2D eigenvalue weighted by Crippen LogP contribution is 2.22. The molecule has 3 heterocycles. The Bertz CT molecular complexity index is 717. The lowest BCUT2D eigenvalue weighted by molar-refractivity contribution is 0.0663. The van der Waals surface area contributed by atoms with Gasteiger partial charge in [0.15, 0.2) is 5.82 Å². The van der Waals surface area contributed by atoms with E-state index in [2.05, 4.69) is 41.6 Å². The van der Waals surface area contributed by atoms with Crippen LogP contribution in [0.1, 0.15) is 52.1 Å². The smallest absolute Gasteiger partial charge is 0.326 e. The van der Waals surface area contributed by atoms with Crippen molar-refractivity contribution in [3.8, 4) is 0 Å². The number of aromatic nitrogens is 4. The van der Waals surface area contributed by atoms with E-state index >= 15 is 0 Å². The molecular weight excluding hydrogens is 332 g/mol. The first-order valence-electron chi connectivity index (χ1n) is 9.27. The number of nitrogens with zero attached hydrogens (tertiary/aromatic N) is 4. The summed E-state index contributed by atoms with van der Waals surface area (Å²) in [7, 11) is 0. The van der Waals surface area contributed by atoms with Crippen molar-refractivity contribution >= 4 is 17.7 Å². The first-order valence-corrected chi connectivity index (χ1v) is 9.27. The molecule has 0 aliphatic carbocycles. The molecule has 142 valence electrons. The summed E-state index contributed by atoms with van der Waals surface area (Å²) in [6.07, 6.45) is 6.49. The summed E-state index contributed by atoms with van der Waals surface area (Å²) in [5, 5.41) is 14.5. The molecule has 2 N–H and O–H groups in total. The van der Waals surface area contributed by atoms with E-state index in [0.717, 1.165) is 32.5 Å². The Kier molecular flexibility index (Phi) is 5.92. The molecule has 3 rings (SSSR count). The van der Waals surface area contributed by atoms with Gasteiger partial charge in [0.1, 0.15) is 5.82 Å². The van der Waals surface area contributed by atoms with Crippen molar-refractivity contribution in [2.24, 2.45) is 5.92 Å². The molecule has 2 aromatic rings. The van der Waals surface area contributed by atoms with Gasteiger partial charge < -0.3 is 4.74 Å². The van der Waals surface area contributed by atoms with Crippen LogP contribution in [-0.4, -0.2) is 38.8 Å². The van der Waals surface area contributed by atoms with Gasteiger partial charge in [0, 0.05) is 31.5 Å². The van der Waals surface area contributed by atoms with Gasteiger partial charge in [0.25, 0.3) is 0 Å². The predicted molar refractivity (Wildman–Crippen MR) is 100 cm³/mol. The molecule has 0 bridgehead atoms. The molecule has 8 nitrogen and oxygen atoms in total. The molecule has 1 aliphatic heterocycles. The second-order valence-corrected chi connectivity index (χ2v) is 7.24. The third-order valence-electron chi connectivity index (χ3n) is 4.56. The van der Waals surface area contributed by atoms with Gasteiger partial charge in [-0.3, -0.25) is 15.3 Å². The fourth-order valence-electron chi connectivity index (χ4n) is 3.37. The maximum atomic E-state index is 12.3. The third-order valence-corrected chi connectivity index (χ3v) is 4.56. The van der Waals surface area contributed by atoms with E-state index < -0.39 is 0 Å². The summed E-state index contributed by atoms with van der Waals surface area (Å²) in [4.78, 5) is 12.3. The van der Waals surface area contributed by atoms with Crippen LogP contribution in [0.2, 0.25) is 0 Å². The minimum atomic E-state index is -0.319. The zero-order valence-electron chi connectivity index (χ0n) is 15.7. The highest BCUT2D eigenvalue weighted by atomic mass is 16.5. The van der Waals surface area contributed by atoms with Gasteiger partial charge in [-0.1, -0.05) is 13.8 Å². The van der Waals surface area contributed by atoms with E-state index in [1.165, 1.54) is 0 Å². The van der Waals surface area contributed by atoms with Gasteiger partial charge >= 0.3 is 6.03 Å². The van der Waals surface area contributed by atoms with Crippen LogP contribution in [0.15, 0.2) is 24.5 Å². The second kappa shape index (κ2) is 8.35. The van der Waals surface area contributed by atoms with Crippen molar-refractivity contribution in [2.45, 2.75) is 52.1 Å². The number of hydrogen-bond acceptors (Lipinski definition) is 4. The molecule has 1 aliphatic rings. The minimum absolute atomic E-state index is 0.216. The third kappa shape index (κ3) is 4.63. The zero-order chi connectivity index (χ0) is 18.5. The normalized spacial score (nSPS) is 16.6. The molecular formula is C18H28N6O2. The van der Waals surface area contributed by atoms with Crippen LogP contribution >= 0.6 is 0 Å². The van der Waals surface area contributed by atoms with Crippen LogP contribution in [0, 0.1) is 5.92 Å². The molecule has 0 spiro atoms. The number of urea groups is 1. The topological polar surface area (TPSA) is 86.0 Å². The Labute approximate surface area is 153 Å². The SMILES string of the molecule is CC(C)CC(C)n1nccc1NC(=O)Nc1ccn(C2CCOCC2)n1. The average Bonchev–Trinajstić information content (AvgIpc) is 3.24. The molecule has 26 heavy (non-hydrogen) atoms. The van der Waals surface area contributed by atoms with Gasteiger partial charge in [-0.05, 0) is 32.1 Å². The monoisotopic (exact) mass is 360 g/mol. The highest BCUT2D eigenvalue weighted by Gasteiger charge is 2.18. The molecule has 0 aromatic carbocycles.